The lowest BCUT2D eigenvalue weighted by Crippen LogP contribution is -2.45. The number of rotatable bonds is 5. The quantitative estimate of drug-likeness (QED) is 0.851. The van der Waals surface area contributed by atoms with Crippen LogP contribution in [0.2, 0.25) is 0 Å². The van der Waals surface area contributed by atoms with Gasteiger partial charge < -0.3 is 10.4 Å². The molecule has 1 aromatic rings. The number of hydrogen-bond acceptors (Lipinski definition) is 2. The van der Waals surface area contributed by atoms with Crippen LogP contribution in [0.1, 0.15) is 44.6 Å². The molecule has 3 nitrogen and oxygen atoms in total. The van der Waals surface area contributed by atoms with Crippen molar-refractivity contribution >= 4 is 21.8 Å². The van der Waals surface area contributed by atoms with Crippen molar-refractivity contribution in [1.82, 2.24) is 5.32 Å². The Balaban J connectivity index is 1.72. The van der Waals surface area contributed by atoms with Crippen LogP contribution in [0, 0.1) is 5.92 Å². The Morgan fingerprint density at radius 3 is 2.81 bits per heavy atom. The van der Waals surface area contributed by atoms with E-state index in [1.54, 1.807) is 0 Å². The Labute approximate surface area is 135 Å². The first-order valence-electron chi connectivity index (χ1n) is 7.70. The first kappa shape index (κ1) is 16.5. The molecule has 0 radical (unpaired) electrons. The number of halogens is 1. The summed E-state index contributed by atoms with van der Waals surface area (Å²) in [4.78, 5) is 11.9. The van der Waals surface area contributed by atoms with Gasteiger partial charge in [0.2, 0.25) is 5.91 Å². The van der Waals surface area contributed by atoms with Gasteiger partial charge in [0.25, 0.3) is 0 Å². The van der Waals surface area contributed by atoms with E-state index in [1.807, 2.05) is 24.3 Å². The number of nitrogens with one attached hydrogen (secondary N) is 1. The van der Waals surface area contributed by atoms with Gasteiger partial charge in [0.05, 0.1) is 5.60 Å². The van der Waals surface area contributed by atoms with Crippen molar-refractivity contribution in [2.75, 3.05) is 6.54 Å². The van der Waals surface area contributed by atoms with Gasteiger partial charge in [0, 0.05) is 17.4 Å². The van der Waals surface area contributed by atoms with Crippen LogP contribution in [0.5, 0.6) is 0 Å². The molecule has 2 rings (SSSR count). The molecule has 2 N–H and O–H groups in total. The average Bonchev–Trinajstić information content (AvgIpc) is 2.47. The van der Waals surface area contributed by atoms with Crippen LogP contribution in [0.25, 0.3) is 0 Å². The fraction of sp³-hybridized carbons (Fsp3) is 0.588. The normalized spacial score (nSPS) is 25.6. The molecule has 1 aromatic carbocycles. The molecule has 0 spiro atoms. The van der Waals surface area contributed by atoms with Crippen molar-refractivity contribution in [3.8, 4) is 0 Å². The molecule has 1 fully saturated rings. The van der Waals surface area contributed by atoms with Crippen LogP contribution in [-0.4, -0.2) is 23.2 Å². The summed E-state index contributed by atoms with van der Waals surface area (Å²) >= 11 is 3.43. The fourth-order valence-electron chi connectivity index (χ4n) is 2.78. The number of amides is 1. The van der Waals surface area contributed by atoms with Gasteiger partial charge in [-0.15, -0.1) is 0 Å². The average molecular weight is 354 g/mol. The highest BCUT2D eigenvalue weighted by molar-refractivity contribution is 9.10. The molecule has 1 amide bonds. The first-order chi connectivity index (χ1) is 9.97. The molecule has 21 heavy (non-hydrogen) atoms. The highest BCUT2D eigenvalue weighted by Gasteiger charge is 2.31. The lowest BCUT2D eigenvalue weighted by Gasteiger charge is -2.34. The Bertz CT molecular complexity index is 481. The smallest absolute Gasteiger partial charge is 0.220 e. The molecular weight excluding hydrogens is 330 g/mol. The number of hydrogen-bond donors (Lipinski definition) is 2. The minimum absolute atomic E-state index is 0.0158. The van der Waals surface area contributed by atoms with Gasteiger partial charge in [-0.1, -0.05) is 35.0 Å². The summed E-state index contributed by atoms with van der Waals surface area (Å²) in [5.41, 5.74) is 0.447. The third-order valence-electron chi connectivity index (χ3n) is 4.35. The van der Waals surface area contributed by atoms with E-state index >= 15 is 0 Å². The van der Waals surface area contributed by atoms with E-state index in [-0.39, 0.29) is 5.91 Å². The molecule has 0 saturated heterocycles. The van der Waals surface area contributed by atoms with E-state index < -0.39 is 5.60 Å². The Hall–Kier alpha value is -0.870. The van der Waals surface area contributed by atoms with Gasteiger partial charge >= 0.3 is 0 Å². The first-order valence-corrected chi connectivity index (χ1v) is 8.50. The zero-order valence-electron chi connectivity index (χ0n) is 12.6. The van der Waals surface area contributed by atoms with Gasteiger partial charge in [-0.05, 0) is 55.7 Å². The fourth-order valence-corrected chi connectivity index (χ4v) is 3.22. The van der Waals surface area contributed by atoms with Gasteiger partial charge in [-0.25, -0.2) is 0 Å². The Kier molecular flexibility index (Phi) is 5.82. The van der Waals surface area contributed by atoms with Crippen LogP contribution in [0.3, 0.4) is 0 Å². The summed E-state index contributed by atoms with van der Waals surface area (Å²) in [5, 5.41) is 13.3. The molecule has 0 atom stereocenters. The second kappa shape index (κ2) is 7.41. The predicted octanol–water partition coefficient (Wildman–Crippen LogP) is 3.44. The summed E-state index contributed by atoms with van der Waals surface area (Å²) in [6.45, 7) is 2.60. The SMILES string of the molecule is CC1CCC(O)(CNC(=O)CCc2cccc(Br)c2)CC1. The second-order valence-electron chi connectivity index (χ2n) is 6.31. The molecule has 0 aromatic heterocycles. The van der Waals surface area contributed by atoms with Crippen LogP contribution in [0.15, 0.2) is 28.7 Å². The molecule has 1 saturated carbocycles. The highest BCUT2D eigenvalue weighted by Crippen LogP contribution is 2.31. The van der Waals surface area contributed by atoms with Crippen LogP contribution in [0.4, 0.5) is 0 Å². The van der Waals surface area contributed by atoms with Crippen molar-refractivity contribution in [2.24, 2.45) is 5.92 Å². The lowest BCUT2D eigenvalue weighted by molar-refractivity contribution is -0.122. The number of carbonyl (C=O) groups excluding carboxylic acids is 1. The summed E-state index contributed by atoms with van der Waals surface area (Å²) in [7, 11) is 0. The van der Waals surface area contributed by atoms with Crippen molar-refractivity contribution in [2.45, 2.75) is 51.0 Å². The third kappa shape index (κ3) is 5.44. The largest absolute Gasteiger partial charge is 0.388 e. The number of aliphatic hydroxyl groups is 1. The predicted molar refractivity (Wildman–Crippen MR) is 88.1 cm³/mol. The second-order valence-corrected chi connectivity index (χ2v) is 7.23. The van der Waals surface area contributed by atoms with E-state index in [1.165, 1.54) is 0 Å². The van der Waals surface area contributed by atoms with Crippen molar-refractivity contribution in [3.05, 3.63) is 34.3 Å². The molecular formula is C17H24BrNO2. The zero-order valence-corrected chi connectivity index (χ0v) is 14.2. The molecule has 0 bridgehead atoms. The van der Waals surface area contributed by atoms with Gasteiger partial charge in [-0.3, -0.25) is 4.79 Å². The van der Waals surface area contributed by atoms with Crippen molar-refractivity contribution in [1.29, 1.82) is 0 Å². The summed E-state index contributed by atoms with van der Waals surface area (Å²) < 4.78 is 1.03. The van der Waals surface area contributed by atoms with Crippen molar-refractivity contribution in [3.63, 3.8) is 0 Å². The monoisotopic (exact) mass is 353 g/mol. The molecule has 116 valence electrons. The van der Waals surface area contributed by atoms with Crippen LogP contribution < -0.4 is 5.32 Å². The maximum Gasteiger partial charge on any atom is 0.220 e. The van der Waals surface area contributed by atoms with E-state index in [0.29, 0.717) is 18.9 Å². The van der Waals surface area contributed by atoms with E-state index in [4.69, 9.17) is 0 Å². The highest BCUT2D eigenvalue weighted by atomic mass is 79.9. The molecule has 0 heterocycles. The third-order valence-corrected chi connectivity index (χ3v) is 4.84. The Morgan fingerprint density at radius 2 is 2.14 bits per heavy atom. The topological polar surface area (TPSA) is 49.3 Å². The lowest BCUT2D eigenvalue weighted by atomic mass is 9.79. The molecule has 0 unspecified atom stereocenters. The van der Waals surface area contributed by atoms with E-state index in [9.17, 15) is 9.90 Å². The summed E-state index contributed by atoms with van der Waals surface area (Å²) in [5.74, 6) is 0.708. The number of carbonyl (C=O) groups is 1. The van der Waals surface area contributed by atoms with E-state index in [0.717, 1.165) is 42.1 Å². The molecule has 1 aliphatic carbocycles. The maximum absolute atomic E-state index is 11.9. The minimum Gasteiger partial charge on any atom is -0.388 e. The van der Waals surface area contributed by atoms with Crippen LogP contribution >= 0.6 is 15.9 Å². The molecule has 0 aliphatic heterocycles. The zero-order chi connectivity index (χ0) is 15.3. The maximum atomic E-state index is 11.9. The molecule has 4 heteroatoms. The van der Waals surface area contributed by atoms with Crippen LogP contribution in [-0.2, 0) is 11.2 Å². The summed E-state index contributed by atoms with van der Waals surface area (Å²) in [6, 6.07) is 8.00. The van der Waals surface area contributed by atoms with Crippen molar-refractivity contribution < 1.29 is 9.90 Å². The van der Waals surface area contributed by atoms with Gasteiger partial charge in [0.15, 0.2) is 0 Å². The molecule has 1 aliphatic rings. The Morgan fingerprint density at radius 1 is 1.43 bits per heavy atom. The van der Waals surface area contributed by atoms with Gasteiger partial charge in [0.1, 0.15) is 0 Å². The number of aryl methyl sites for hydroxylation is 1. The number of benzene rings is 1. The van der Waals surface area contributed by atoms with E-state index in [2.05, 4.69) is 28.2 Å². The summed E-state index contributed by atoms with van der Waals surface area (Å²) in [6.07, 6.45) is 4.86. The van der Waals surface area contributed by atoms with Gasteiger partial charge in [-0.2, -0.15) is 0 Å². The standard InChI is InChI=1S/C17H24BrNO2/c1-13-7-9-17(21,10-8-13)12-19-16(20)6-5-14-3-2-4-15(18)11-14/h2-4,11,13,21H,5-10,12H2,1H3,(H,19,20). The minimum atomic E-state index is -0.696.